The molecule has 1 N–H and O–H groups in total. The van der Waals surface area contributed by atoms with Gasteiger partial charge in [0.2, 0.25) is 0 Å². The van der Waals surface area contributed by atoms with E-state index in [-0.39, 0.29) is 45.7 Å². The fourth-order valence-electron chi connectivity index (χ4n) is 13.3. The highest BCUT2D eigenvalue weighted by atomic mass is 35.5. The molecule has 1 aromatic rings. The van der Waals surface area contributed by atoms with Gasteiger partial charge in [-0.05, 0) is 143 Å². The van der Waals surface area contributed by atoms with Gasteiger partial charge in [-0.3, -0.25) is 4.79 Å². The summed E-state index contributed by atoms with van der Waals surface area (Å²) in [7, 11) is 0. The van der Waals surface area contributed by atoms with Crippen LogP contribution in [0.4, 0.5) is 4.79 Å². The van der Waals surface area contributed by atoms with Gasteiger partial charge in [-0.1, -0.05) is 83.3 Å². The van der Waals surface area contributed by atoms with E-state index in [1.54, 1.807) is 23.0 Å². The molecule has 0 heterocycles. The zero-order chi connectivity index (χ0) is 38.2. The van der Waals surface area contributed by atoms with Gasteiger partial charge in [0.1, 0.15) is 11.7 Å². The SMILES string of the molecule is CC(=O)O[C@H]1CC[C@]2(C)C3CC[C@@H]4C5=C(C(C)C)CC[C@]5(C(O)CN(Cc5ccc(Cl)cc5)C(=O)OC(C)(C)C)CC[C@@]4(C)[C@]3(C)CC[C@H]2C1(C)C. The number of carbonyl (C=O) groups is 2. The minimum atomic E-state index is -0.695. The summed E-state index contributed by atoms with van der Waals surface area (Å²) >= 11 is 6.21. The molecule has 7 heteroatoms. The van der Waals surface area contributed by atoms with Crippen molar-refractivity contribution in [3.63, 3.8) is 0 Å². The molecule has 5 aliphatic carbocycles. The number of aliphatic hydroxyl groups excluding tert-OH is 1. The molecule has 1 aromatic carbocycles. The second kappa shape index (κ2) is 13.6. The van der Waals surface area contributed by atoms with E-state index in [1.807, 2.05) is 45.0 Å². The normalized spacial score (nSPS) is 37.3. The Hall–Kier alpha value is -2.05. The summed E-state index contributed by atoms with van der Waals surface area (Å²) in [6.45, 7) is 25.1. The summed E-state index contributed by atoms with van der Waals surface area (Å²) in [6.07, 6.45) is 9.62. The Kier molecular flexibility index (Phi) is 10.4. The zero-order valence-corrected chi connectivity index (χ0v) is 34.9. The summed E-state index contributed by atoms with van der Waals surface area (Å²) in [5.41, 5.74) is 3.47. The lowest BCUT2D eigenvalue weighted by atomic mass is 9.33. The standard InChI is InChI=1S/C45H68ClNO5/c1-28(2)32-18-23-45(36(49)27-47(39(50)52-40(4,5)6)26-30-12-14-31(46)15-13-30)25-24-43(10)33(38(32)45)16-17-35-42(9)21-20-37(51-29(3)48)41(7,8)34(42)19-22-44(35,43)11/h12-15,28,33-37,49H,16-27H2,1-11H3/t33-,34+,35?,36?,37+,42+,43-,44-,45-/m1/s1. The van der Waals surface area contributed by atoms with Crippen molar-refractivity contribution in [3.05, 3.63) is 46.0 Å². The fourth-order valence-corrected chi connectivity index (χ4v) is 13.5. The maximum Gasteiger partial charge on any atom is 0.410 e. The van der Waals surface area contributed by atoms with Crippen molar-refractivity contribution in [3.8, 4) is 0 Å². The average Bonchev–Trinajstić information content (AvgIpc) is 3.44. The molecule has 9 atom stereocenters. The minimum Gasteiger partial charge on any atom is -0.462 e. The van der Waals surface area contributed by atoms with Crippen molar-refractivity contribution in [2.75, 3.05) is 6.54 Å². The van der Waals surface area contributed by atoms with Crippen LogP contribution in [-0.4, -0.2) is 46.4 Å². The van der Waals surface area contributed by atoms with E-state index in [2.05, 4.69) is 48.5 Å². The predicted molar refractivity (Wildman–Crippen MR) is 209 cm³/mol. The number of benzene rings is 1. The molecule has 6 rings (SSSR count). The summed E-state index contributed by atoms with van der Waals surface area (Å²) in [6, 6.07) is 7.61. The van der Waals surface area contributed by atoms with E-state index in [1.165, 1.54) is 12.8 Å². The molecular formula is C45H68ClNO5. The maximum atomic E-state index is 13.8. The highest BCUT2D eigenvalue weighted by molar-refractivity contribution is 6.30. The molecule has 0 saturated heterocycles. The zero-order valence-electron chi connectivity index (χ0n) is 34.2. The van der Waals surface area contributed by atoms with Gasteiger partial charge in [0.25, 0.3) is 0 Å². The first-order valence-corrected chi connectivity index (χ1v) is 20.8. The average molecular weight is 738 g/mol. The van der Waals surface area contributed by atoms with E-state index in [4.69, 9.17) is 21.1 Å². The number of allylic oxidation sites excluding steroid dienone is 1. The van der Waals surface area contributed by atoms with Crippen LogP contribution in [0.3, 0.4) is 0 Å². The Morgan fingerprint density at radius 2 is 1.58 bits per heavy atom. The van der Waals surface area contributed by atoms with E-state index in [0.717, 1.165) is 56.9 Å². The third-order valence-electron chi connectivity index (χ3n) is 15.9. The van der Waals surface area contributed by atoms with Crippen LogP contribution in [-0.2, 0) is 20.8 Å². The van der Waals surface area contributed by atoms with Crippen molar-refractivity contribution in [1.29, 1.82) is 0 Å². The van der Waals surface area contributed by atoms with E-state index in [9.17, 15) is 14.7 Å². The lowest BCUT2D eigenvalue weighted by Gasteiger charge is -2.72. The Balaban J connectivity index is 1.33. The molecule has 0 aliphatic heterocycles. The topological polar surface area (TPSA) is 76.1 Å². The third kappa shape index (κ3) is 6.46. The highest BCUT2D eigenvalue weighted by Crippen LogP contribution is 2.77. The van der Waals surface area contributed by atoms with Crippen LogP contribution in [0.1, 0.15) is 146 Å². The summed E-state index contributed by atoms with van der Waals surface area (Å²) in [5, 5.41) is 13.3. The molecule has 4 fully saturated rings. The molecule has 2 unspecified atom stereocenters. The Labute approximate surface area is 319 Å². The first-order chi connectivity index (χ1) is 24.1. The monoisotopic (exact) mass is 737 g/mol. The minimum absolute atomic E-state index is 0.0201. The van der Waals surface area contributed by atoms with Gasteiger partial charge < -0.3 is 19.5 Å². The van der Waals surface area contributed by atoms with Crippen LogP contribution in [0.25, 0.3) is 0 Å². The molecule has 290 valence electrons. The number of hydrogen-bond donors (Lipinski definition) is 1. The summed E-state index contributed by atoms with van der Waals surface area (Å²) in [4.78, 5) is 27.6. The van der Waals surface area contributed by atoms with Crippen LogP contribution in [0.2, 0.25) is 5.02 Å². The molecule has 5 aliphatic rings. The van der Waals surface area contributed by atoms with E-state index >= 15 is 0 Å². The number of ether oxygens (including phenoxy) is 2. The number of carbonyl (C=O) groups excluding carboxylic acids is 2. The molecular weight excluding hydrogens is 670 g/mol. The molecule has 52 heavy (non-hydrogen) atoms. The number of rotatable bonds is 7. The van der Waals surface area contributed by atoms with E-state index in [0.29, 0.717) is 35.2 Å². The van der Waals surface area contributed by atoms with Gasteiger partial charge in [-0.25, -0.2) is 4.79 Å². The Morgan fingerprint density at radius 3 is 2.19 bits per heavy atom. The number of halogens is 1. The van der Waals surface area contributed by atoms with E-state index < -0.39 is 17.8 Å². The molecule has 0 spiro atoms. The molecule has 0 aromatic heterocycles. The first-order valence-electron chi connectivity index (χ1n) is 20.4. The number of fused-ring (bicyclic) bond motifs is 7. The second-order valence-corrected chi connectivity index (χ2v) is 20.8. The molecule has 1 amide bonds. The predicted octanol–water partition coefficient (Wildman–Crippen LogP) is 11.2. The largest absolute Gasteiger partial charge is 0.462 e. The molecule has 0 bridgehead atoms. The third-order valence-corrected chi connectivity index (χ3v) is 16.2. The molecule has 0 radical (unpaired) electrons. The van der Waals surface area contributed by atoms with Gasteiger partial charge in [0.05, 0.1) is 12.6 Å². The number of nitrogens with zero attached hydrogens (tertiary/aromatic N) is 1. The van der Waals surface area contributed by atoms with Crippen molar-refractivity contribution in [2.45, 2.75) is 165 Å². The second-order valence-electron chi connectivity index (χ2n) is 20.3. The summed E-state index contributed by atoms with van der Waals surface area (Å²) in [5.74, 6) is 1.78. The quantitative estimate of drug-likeness (QED) is 0.223. The number of amides is 1. The van der Waals surface area contributed by atoms with Crippen LogP contribution in [0, 0.1) is 50.7 Å². The van der Waals surface area contributed by atoms with Crippen LogP contribution >= 0.6 is 11.6 Å². The van der Waals surface area contributed by atoms with Gasteiger partial charge in [-0.2, -0.15) is 0 Å². The fraction of sp³-hybridized carbons (Fsp3) is 0.778. The summed E-state index contributed by atoms with van der Waals surface area (Å²) < 4.78 is 11.9. The van der Waals surface area contributed by atoms with Crippen molar-refractivity contribution < 1.29 is 24.2 Å². The lowest BCUT2D eigenvalue weighted by molar-refractivity contribution is -0.234. The van der Waals surface area contributed by atoms with Gasteiger partial charge in [-0.15, -0.1) is 0 Å². The maximum absolute atomic E-state index is 13.8. The van der Waals surface area contributed by atoms with Crippen LogP contribution < -0.4 is 0 Å². The van der Waals surface area contributed by atoms with Gasteiger partial charge >= 0.3 is 12.1 Å². The Morgan fingerprint density at radius 1 is 0.904 bits per heavy atom. The number of hydrogen-bond acceptors (Lipinski definition) is 5. The molecule has 6 nitrogen and oxygen atoms in total. The first kappa shape index (κ1) is 39.6. The van der Waals surface area contributed by atoms with Crippen molar-refractivity contribution >= 4 is 23.7 Å². The van der Waals surface area contributed by atoms with Gasteiger partial charge in [0.15, 0.2) is 0 Å². The van der Waals surface area contributed by atoms with Crippen molar-refractivity contribution in [2.24, 2.45) is 50.7 Å². The number of aliphatic hydroxyl groups is 1. The molecule has 4 saturated carbocycles. The number of esters is 1. The van der Waals surface area contributed by atoms with Crippen molar-refractivity contribution in [1.82, 2.24) is 4.90 Å². The highest BCUT2D eigenvalue weighted by Gasteiger charge is 2.70. The lowest BCUT2D eigenvalue weighted by Crippen LogP contribution is -2.66. The van der Waals surface area contributed by atoms with Gasteiger partial charge in [0, 0.05) is 29.3 Å². The Bertz CT molecular complexity index is 1560. The smallest absolute Gasteiger partial charge is 0.410 e. The van der Waals surface area contributed by atoms with Crippen LogP contribution in [0.5, 0.6) is 0 Å². The van der Waals surface area contributed by atoms with Crippen LogP contribution in [0.15, 0.2) is 35.4 Å².